The Morgan fingerprint density at radius 2 is 1.81 bits per heavy atom. The van der Waals surface area contributed by atoms with Crippen LogP contribution in [-0.2, 0) is 0 Å². The summed E-state index contributed by atoms with van der Waals surface area (Å²) in [7, 11) is 0. The molecule has 0 aliphatic carbocycles. The first-order valence-electron chi connectivity index (χ1n) is 8.85. The number of hydrogen-bond donors (Lipinski definition) is 2. The van der Waals surface area contributed by atoms with Crippen LogP contribution in [0.25, 0.3) is 0 Å². The van der Waals surface area contributed by atoms with Crippen molar-refractivity contribution < 1.29 is 4.79 Å². The maximum absolute atomic E-state index is 12.4. The maximum Gasteiger partial charge on any atom is 0.257 e. The molecule has 1 heterocycles. The molecule has 1 aliphatic heterocycles. The van der Waals surface area contributed by atoms with Crippen LogP contribution < -0.4 is 15.5 Å². The van der Waals surface area contributed by atoms with Crippen molar-refractivity contribution in [2.75, 3.05) is 23.3 Å². The van der Waals surface area contributed by atoms with E-state index >= 15 is 0 Å². The third kappa shape index (κ3) is 5.12. The Bertz CT molecular complexity index is 851. The second kappa shape index (κ2) is 8.91. The number of hydrogen-bond acceptors (Lipinski definition) is 3. The molecule has 0 spiro atoms. The smallest absolute Gasteiger partial charge is 0.257 e. The van der Waals surface area contributed by atoms with E-state index in [0.29, 0.717) is 15.6 Å². The summed E-state index contributed by atoms with van der Waals surface area (Å²) in [5, 5.41) is 6.80. The highest BCUT2D eigenvalue weighted by Crippen LogP contribution is 2.29. The van der Waals surface area contributed by atoms with Gasteiger partial charge in [0, 0.05) is 18.7 Å². The molecule has 142 valence electrons. The summed E-state index contributed by atoms with van der Waals surface area (Å²) in [4.78, 5) is 14.7. The lowest BCUT2D eigenvalue weighted by atomic mass is 9.98. The Kier molecular flexibility index (Phi) is 6.58. The molecule has 1 amide bonds. The van der Waals surface area contributed by atoms with E-state index in [2.05, 4.69) is 28.5 Å². The molecular formula is C20H21Cl2N3OS. The van der Waals surface area contributed by atoms with Gasteiger partial charge in [0.05, 0.1) is 21.4 Å². The van der Waals surface area contributed by atoms with Crippen LogP contribution in [0, 0.1) is 5.92 Å². The van der Waals surface area contributed by atoms with Gasteiger partial charge in [-0.3, -0.25) is 10.1 Å². The molecule has 1 aliphatic rings. The van der Waals surface area contributed by atoms with Crippen LogP contribution in [-0.4, -0.2) is 24.1 Å². The summed E-state index contributed by atoms with van der Waals surface area (Å²) in [6.07, 6.45) is 2.35. The predicted octanol–water partition coefficient (Wildman–Crippen LogP) is 5.36. The number of rotatable bonds is 3. The summed E-state index contributed by atoms with van der Waals surface area (Å²) in [5.74, 6) is 0.420. The minimum atomic E-state index is -0.338. The number of benzene rings is 2. The van der Waals surface area contributed by atoms with Gasteiger partial charge in [-0.2, -0.15) is 0 Å². The van der Waals surface area contributed by atoms with E-state index < -0.39 is 0 Å². The van der Waals surface area contributed by atoms with Gasteiger partial charge in [-0.25, -0.2) is 0 Å². The molecule has 0 bridgehead atoms. The average molecular weight is 422 g/mol. The van der Waals surface area contributed by atoms with Crippen molar-refractivity contribution in [2.24, 2.45) is 5.92 Å². The zero-order valence-electron chi connectivity index (χ0n) is 15.0. The second-order valence-corrected chi connectivity index (χ2v) is 7.95. The Hall–Kier alpha value is -1.82. The number of anilines is 2. The zero-order chi connectivity index (χ0) is 19.4. The number of thiocarbonyl (C=S) groups is 1. The van der Waals surface area contributed by atoms with E-state index in [9.17, 15) is 4.79 Å². The number of nitrogens with one attached hydrogen (secondary N) is 2. The number of halogens is 2. The molecule has 2 aromatic carbocycles. The van der Waals surface area contributed by atoms with Crippen molar-refractivity contribution in [3.05, 3.63) is 58.1 Å². The van der Waals surface area contributed by atoms with E-state index in [1.807, 2.05) is 18.2 Å². The molecule has 0 saturated carbocycles. The van der Waals surface area contributed by atoms with Gasteiger partial charge in [-0.05, 0) is 61.3 Å². The maximum atomic E-state index is 12.4. The van der Waals surface area contributed by atoms with E-state index in [1.54, 1.807) is 12.1 Å². The van der Waals surface area contributed by atoms with Crippen LogP contribution in [0.5, 0.6) is 0 Å². The first kappa shape index (κ1) is 19.9. The van der Waals surface area contributed by atoms with Gasteiger partial charge in [0.2, 0.25) is 0 Å². The lowest BCUT2D eigenvalue weighted by molar-refractivity contribution is 0.0977. The average Bonchev–Trinajstić information content (AvgIpc) is 2.65. The normalized spacial score (nSPS) is 14.7. The standard InChI is InChI=1S/C20H21Cl2N3OS/c1-13-8-10-25(11-9-13)18-5-3-2-4-17(18)23-20(27)24-19(26)14-6-7-15(21)16(22)12-14/h2-7,12-13H,8-11H2,1H3,(H2,23,24,26,27). The first-order valence-corrected chi connectivity index (χ1v) is 10.0. The van der Waals surface area contributed by atoms with Crippen LogP contribution in [0.1, 0.15) is 30.1 Å². The number of carbonyl (C=O) groups is 1. The third-order valence-electron chi connectivity index (χ3n) is 4.69. The van der Waals surface area contributed by atoms with Gasteiger partial charge in [-0.1, -0.05) is 42.3 Å². The van der Waals surface area contributed by atoms with Gasteiger partial charge in [-0.15, -0.1) is 0 Å². The fraction of sp³-hybridized carbons (Fsp3) is 0.300. The summed E-state index contributed by atoms with van der Waals surface area (Å²) < 4.78 is 0. The Labute approximate surface area is 174 Å². The molecule has 27 heavy (non-hydrogen) atoms. The van der Waals surface area contributed by atoms with Crippen LogP contribution in [0.15, 0.2) is 42.5 Å². The van der Waals surface area contributed by atoms with Gasteiger partial charge >= 0.3 is 0 Å². The third-order valence-corrected chi connectivity index (χ3v) is 5.63. The van der Waals surface area contributed by atoms with Crippen LogP contribution in [0.4, 0.5) is 11.4 Å². The van der Waals surface area contributed by atoms with Crippen molar-refractivity contribution >= 4 is 57.8 Å². The fourth-order valence-electron chi connectivity index (χ4n) is 3.07. The molecule has 0 aromatic heterocycles. The molecular weight excluding hydrogens is 401 g/mol. The van der Waals surface area contributed by atoms with E-state index in [1.165, 1.54) is 18.9 Å². The molecule has 0 unspecified atom stereocenters. The lowest BCUT2D eigenvalue weighted by Crippen LogP contribution is -2.36. The number of carbonyl (C=O) groups excluding carboxylic acids is 1. The highest BCUT2D eigenvalue weighted by Gasteiger charge is 2.19. The second-order valence-electron chi connectivity index (χ2n) is 6.72. The summed E-state index contributed by atoms with van der Waals surface area (Å²) in [6, 6.07) is 12.7. The quantitative estimate of drug-likeness (QED) is 0.654. The van der Waals surface area contributed by atoms with Gasteiger partial charge in [0.1, 0.15) is 0 Å². The summed E-state index contributed by atoms with van der Waals surface area (Å²) >= 11 is 17.2. The topological polar surface area (TPSA) is 44.4 Å². The molecule has 7 heteroatoms. The minimum absolute atomic E-state index is 0.240. The Morgan fingerprint density at radius 1 is 1.11 bits per heavy atom. The van der Waals surface area contributed by atoms with E-state index in [4.69, 9.17) is 35.4 Å². The Morgan fingerprint density at radius 3 is 2.52 bits per heavy atom. The highest BCUT2D eigenvalue weighted by molar-refractivity contribution is 7.80. The molecule has 2 aromatic rings. The predicted molar refractivity (Wildman–Crippen MR) is 117 cm³/mol. The van der Waals surface area contributed by atoms with Crippen molar-refractivity contribution in [3.8, 4) is 0 Å². The number of piperidine rings is 1. The van der Waals surface area contributed by atoms with Crippen LogP contribution in [0.2, 0.25) is 10.0 Å². The van der Waals surface area contributed by atoms with Crippen molar-refractivity contribution in [1.29, 1.82) is 0 Å². The lowest BCUT2D eigenvalue weighted by Gasteiger charge is -2.33. The largest absolute Gasteiger partial charge is 0.370 e. The van der Waals surface area contributed by atoms with Gasteiger partial charge in [0.15, 0.2) is 5.11 Å². The fourth-order valence-corrected chi connectivity index (χ4v) is 3.57. The van der Waals surface area contributed by atoms with E-state index in [-0.39, 0.29) is 11.0 Å². The zero-order valence-corrected chi connectivity index (χ0v) is 17.3. The molecule has 1 saturated heterocycles. The first-order chi connectivity index (χ1) is 12.9. The number of amides is 1. The highest BCUT2D eigenvalue weighted by atomic mass is 35.5. The Balaban J connectivity index is 1.67. The van der Waals surface area contributed by atoms with Crippen molar-refractivity contribution in [1.82, 2.24) is 5.32 Å². The number of para-hydroxylation sites is 2. The van der Waals surface area contributed by atoms with Crippen LogP contribution in [0.3, 0.4) is 0 Å². The summed E-state index contributed by atoms with van der Waals surface area (Å²) in [6.45, 7) is 4.32. The monoisotopic (exact) mass is 421 g/mol. The summed E-state index contributed by atoms with van der Waals surface area (Å²) in [5.41, 5.74) is 2.37. The van der Waals surface area contributed by atoms with Crippen molar-refractivity contribution in [2.45, 2.75) is 19.8 Å². The molecule has 4 nitrogen and oxygen atoms in total. The van der Waals surface area contributed by atoms with Crippen LogP contribution >= 0.6 is 35.4 Å². The molecule has 3 rings (SSSR count). The van der Waals surface area contributed by atoms with E-state index in [0.717, 1.165) is 30.4 Å². The number of nitrogens with zero attached hydrogens (tertiary/aromatic N) is 1. The minimum Gasteiger partial charge on any atom is -0.370 e. The molecule has 2 N–H and O–H groups in total. The molecule has 0 radical (unpaired) electrons. The van der Waals surface area contributed by atoms with Gasteiger partial charge < -0.3 is 10.2 Å². The van der Waals surface area contributed by atoms with Gasteiger partial charge in [0.25, 0.3) is 5.91 Å². The SMILES string of the molecule is CC1CCN(c2ccccc2NC(=S)NC(=O)c2ccc(Cl)c(Cl)c2)CC1. The molecule has 0 atom stereocenters. The molecule has 1 fully saturated rings. The van der Waals surface area contributed by atoms with Crippen molar-refractivity contribution in [3.63, 3.8) is 0 Å².